The van der Waals surface area contributed by atoms with Crippen LogP contribution in [0.25, 0.3) is 0 Å². The van der Waals surface area contributed by atoms with Gasteiger partial charge in [-0.25, -0.2) is 9.97 Å². The number of aromatic nitrogens is 4. The zero-order valence-corrected chi connectivity index (χ0v) is 17.4. The number of piperidine rings is 1. The van der Waals surface area contributed by atoms with Crippen molar-refractivity contribution in [3.8, 4) is 0 Å². The Labute approximate surface area is 163 Å². The van der Waals surface area contributed by atoms with Crippen LogP contribution in [0.4, 0.5) is 11.8 Å². The average molecular weight is 372 g/mol. The first-order valence-corrected chi connectivity index (χ1v) is 9.87. The van der Waals surface area contributed by atoms with Gasteiger partial charge in [-0.1, -0.05) is 0 Å². The topological polar surface area (TPSA) is 53.3 Å². The van der Waals surface area contributed by atoms with Gasteiger partial charge >= 0.3 is 0 Å². The Kier molecular flexibility index (Phi) is 6.31. The van der Waals surface area contributed by atoms with E-state index < -0.39 is 0 Å². The lowest BCUT2D eigenvalue weighted by Gasteiger charge is -2.32. The van der Waals surface area contributed by atoms with Gasteiger partial charge in [0.05, 0.1) is 0 Å². The van der Waals surface area contributed by atoms with Gasteiger partial charge in [0.15, 0.2) is 0 Å². The molecular formula is C20H33N7. The molecule has 3 heterocycles. The van der Waals surface area contributed by atoms with Crippen LogP contribution in [0.1, 0.15) is 36.6 Å². The third-order valence-corrected chi connectivity index (χ3v) is 5.25. The second-order valence-corrected chi connectivity index (χ2v) is 7.97. The number of hydrogen-bond acceptors (Lipinski definition) is 6. The molecule has 0 aromatic carbocycles. The third-order valence-electron chi connectivity index (χ3n) is 5.25. The lowest BCUT2D eigenvalue weighted by molar-refractivity contribution is 0.379. The van der Waals surface area contributed by atoms with Crippen molar-refractivity contribution in [2.45, 2.75) is 38.6 Å². The van der Waals surface area contributed by atoms with Crippen LogP contribution in [0.15, 0.2) is 18.6 Å². The summed E-state index contributed by atoms with van der Waals surface area (Å²) in [6.45, 7) is 6.16. The van der Waals surface area contributed by atoms with E-state index >= 15 is 0 Å². The number of anilines is 2. The number of imidazole rings is 1. The Balaban J connectivity index is 1.61. The Morgan fingerprint density at radius 1 is 1.11 bits per heavy atom. The molecule has 0 radical (unpaired) electrons. The molecule has 1 aliphatic rings. The minimum Gasteiger partial charge on any atom is -0.362 e. The molecule has 0 atom stereocenters. The first-order chi connectivity index (χ1) is 13.0. The molecule has 0 aliphatic carbocycles. The molecule has 0 bridgehead atoms. The van der Waals surface area contributed by atoms with Gasteiger partial charge in [0, 0.05) is 63.8 Å². The molecule has 2 aromatic heterocycles. The molecule has 0 saturated carbocycles. The summed E-state index contributed by atoms with van der Waals surface area (Å²) < 4.78 is 2.34. The van der Waals surface area contributed by atoms with E-state index in [1.54, 1.807) is 0 Å². The summed E-state index contributed by atoms with van der Waals surface area (Å²) in [5.41, 5.74) is 1.11. The molecule has 148 valence electrons. The molecule has 1 saturated heterocycles. The van der Waals surface area contributed by atoms with Crippen molar-refractivity contribution in [2.75, 3.05) is 57.6 Å². The van der Waals surface area contributed by atoms with E-state index in [0.29, 0.717) is 5.92 Å². The number of hydrogen-bond donors (Lipinski definition) is 0. The van der Waals surface area contributed by atoms with Gasteiger partial charge in [-0.2, -0.15) is 4.98 Å². The maximum atomic E-state index is 4.77. The fraction of sp³-hybridized carbons (Fsp3) is 0.650. The lowest BCUT2D eigenvalue weighted by Crippen LogP contribution is -2.35. The minimum atomic E-state index is 0.523. The highest BCUT2D eigenvalue weighted by Crippen LogP contribution is 2.29. The molecule has 27 heavy (non-hydrogen) atoms. The van der Waals surface area contributed by atoms with Gasteiger partial charge in [0.1, 0.15) is 11.6 Å². The molecule has 7 nitrogen and oxygen atoms in total. The predicted octanol–water partition coefficient (Wildman–Crippen LogP) is 2.38. The molecule has 0 N–H and O–H groups in total. The van der Waals surface area contributed by atoms with E-state index in [2.05, 4.69) is 56.5 Å². The third kappa shape index (κ3) is 4.77. The lowest BCUT2D eigenvalue weighted by atomic mass is 9.96. The van der Waals surface area contributed by atoms with Crippen LogP contribution in [0, 0.1) is 6.92 Å². The Morgan fingerprint density at radius 3 is 2.52 bits per heavy atom. The number of aryl methyl sites for hydroxylation is 2. The standard InChI is InChI=1S/C20H33N7/c1-16-15-22-20(23-18(16)25(4)5)27-12-7-17(8-13-27)19-21-9-14-26(19)11-6-10-24(2)3/h9,14-15,17H,6-8,10-13H2,1-5H3. The molecule has 1 fully saturated rings. The highest BCUT2D eigenvalue weighted by molar-refractivity contribution is 5.48. The van der Waals surface area contributed by atoms with E-state index in [-0.39, 0.29) is 0 Å². The number of nitrogens with zero attached hydrogens (tertiary/aromatic N) is 7. The number of rotatable bonds is 7. The van der Waals surface area contributed by atoms with E-state index in [4.69, 9.17) is 4.98 Å². The van der Waals surface area contributed by atoms with E-state index in [0.717, 1.165) is 62.8 Å². The highest BCUT2D eigenvalue weighted by atomic mass is 15.3. The fourth-order valence-corrected chi connectivity index (χ4v) is 3.79. The summed E-state index contributed by atoms with van der Waals surface area (Å²) in [6, 6.07) is 0. The maximum absolute atomic E-state index is 4.77. The van der Waals surface area contributed by atoms with Crippen molar-refractivity contribution in [3.05, 3.63) is 30.0 Å². The quantitative estimate of drug-likeness (QED) is 0.745. The first-order valence-electron chi connectivity index (χ1n) is 9.87. The van der Waals surface area contributed by atoms with Crippen molar-refractivity contribution in [1.29, 1.82) is 0 Å². The van der Waals surface area contributed by atoms with Gasteiger partial charge in [-0.05, 0) is 46.8 Å². The van der Waals surface area contributed by atoms with Crippen LogP contribution in [0.5, 0.6) is 0 Å². The van der Waals surface area contributed by atoms with Crippen molar-refractivity contribution in [2.24, 2.45) is 0 Å². The Morgan fingerprint density at radius 2 is 1.85 bits per heavy atom. The van der Waals surface area contributed by atoms with Crippen LogP contribution in [0.2, 0.25) is 0 Å². The van der Waals surface area contributed by atoms with Crippen LogP contribution >= 0.6 is 0 Å². The van der Waals surface area contributed by atoms with Crippen LogP contribution in [-0.4, -0.2) is 72.2 Å². The Bertz CT molecular complexity index is 730. The van der Waals surface area contributed by atoms with Gasteiger partial charge in [-0.3, -0.25) is 0 Å². The molecule has 0 spiro atoms. The van der Waals surface area contributed by atoms with Crippen molar-refractivity contribution in [1.82, 2.24) is 24.4 Å². The summed E-state index contributed by atoms with van der Waals surface area (Å²) in [4.78, 5) is 20.6. The molecule has 2 aromatic rings. The van der Waals surface area contributed by atoms with Gasteiger partial charge in [-0.15, -0.1) is 0 Å². The fourth-order valence-electron chi connectivity index (χ4n) is 3.79. The monoisotopic (exact) mass is 371 g/mol. The van der Waals surface area contributed by atoms with E-state index in [9.17, 15) is 0 Å². The van der Waals surface area contributed by atoms with E-state index in [1.165, 1.54) is 5.82 Å². The summed E-state index contributed by atoms with van der Waals surface area (Å²) in [6.07, 6.45) is 9.35. The van der Waals surface area contributed by atoms with Crippen molar-refractivity contribution < 1.29 is 0 Å². The normalized spacial score (nSPS) is 15.6. The van der Waals surface area contributed by atoms with Crippen molar-refractivity contribution in [3.63, 3.8) is 0 Å². The SMILES string of the molecule is Cc1cnc(N2CCC(c3nccn3CCCN(C)C)CC2)nc1N(C)C. The van der Waals surface area contributed by atoms with Gasteiger partial charge in [0.2, 0.25) is 5.95 Å². The summed E-state index contributed by atoms with van der Waals surface area (Å²) in [5, 5.41) is 0. The highest BCUT2D eigenvalue weighted by Gasteiger charge is 2.25. The largest absolute Gasteiger partial charge is 0.362 e. The molecule has 0 amide bonds. The summed E-state index contributed by atoms with van der Waals surface area (Å²) in [7, 11) is 8.31. The molecule has 7 heteroatoms. The first kappa shape index (κ1) is 19.6. The second kappa shape index (κ2) is 8.69. The second-order valence-electron chi connectivity index (χ2n) is 7.97. The van der Waals surface area contributed by atoms with Crippen LogP contribution in [0.3, 0.4) is 0 Å². The predicted molar refractivity (Wildman–Crippen MR) is 111 cm³/mol. The van der Waals surface area contributed by atoms with Crippen LogP contribution in [-0.2, 0) is 6.54 Å². The zero-order valence-electron chi connectivity index (χ0n) is 17.4. The van der Waals surface area contributed by atoms with Gasteiger partial charge < -0.3 is 19.3 Å². The smallest absolute Gasteiger partial charge is 0.227 e. The molecule has 1 aliphatic heterocycles. The average Bonchev–Trinajstić information content (AvgIpc) is 3.10. The summed E-state index contributed by atoms with van der Waals surface area (Å²) >= 11 is 0. The van der Waals surface area contributed by atoms with Crippen molar-refractivity contribution >= 4 is 11.8 Å². The summed E-state index contributed by atoms with van der Waals surface area (Å²) in [5.74, 6) is 3.61. The zero-order chi connectivity index (χ0) is 19.4. The Hall–Kier alpha value is -2.15. The molecular weight excluding hydrogens is 338 g/mol. The minimum absolute atomic E-state index is 0.523. The van der Waals surface area contributed by atoms with Crippen LogP contribution < -0.4 is 9.80 Å². The van der Waals surface area contributed by atoms with E-state index in [1.807, 2.05) is 26.5 Å². The molecule has 0 unspecified atom stereocenters. The van der Waals surface area contributed by atoms with Gasteiger partial charge in [0.25, 0.3) is 0 Å². The molecule has 3 rings (SSSR count). The maximum Gasteiger partial charge on any atom is 0.227 e.